The van der Waals surface area contributed by atoms with Crippen molar-refractivity contribution in [3.8, 4) is 5.75 Å². The molecule has 1 saturated carbocycles. The summed E-state index contributed by atoms with van der Waals surface area (Å²) < 4.78 is 5.74. The Morgan fingerprint density at radius 2 is 1.84 bits per heavy atom. The minimum atomic E-state index is 0.425. The van der Waals surface area contributed by atoms with Crippen LogP contribution in [-0.4, -0.2) is 49.8 Å². The molecule has 170 valence electrons. The van der Waals surface area contributed by atoms with Gasteiger partial charge in [0.05, 0.1) is 5.52 Å². The van der Waals surface area contributed by atoms with E-state index in [0.29, 0.717) is 23.6 Å². The molecule has 0 bridgehead atoms. The zero-order valence-corrected chi connectivity index (χ0v) is 19.6. The number of rotatable bonds is 9. The molecular weight excluding hydrogens is 422 g/mol. The number of anilines is 2. The van der Waals surface area contributed by atoms with Crippen molar-refractivity contribution >= 4 is 34.3 Å². The van der Waals surface area contributed by atoms with Crippen LogP contribution in [0.4, 0.5) is 11.8 Å². The van der Waals surface area contributed by atoms with Crippen molar-refractivity contribution < 1.29 is 4.74 Å². The number of hydrogen-bond donors (Lipinski definition) is 2. The maximum Gasteiger partial charge on any atom is 0.225 e. The van der Waals surface area contributed by atoms with Gasteiger partial charge in [-0.3, -0.25) is 0 Å². The van der Waals surface area contributed by atoms with Crippen molar-refractivity contribution in [2.75, 3.05) is 44.0 Å². The molecule has 1 aliphatic rings. The number of nitrogens with zero attached hydrogens (tertiary/aromatic N) is 3. The van der Waals surface area contributed by atoms with Gasteiger partial charge in [-0.15, -0.1) is 0 Å². The molecule has 0 unspecified atom stereocenters. The van der Waals surface area contributed by atoms with Gasteiger partial charge >= 0.3 is 0 Å². The van der Waals surface area contributed by atoms with Gasteiger partial charge in [-0.2, -0.15) is 4.98 Å². The second kappa shape index (κ2) is 10.8. The number of nitrogens with one attached hydrogen (secondary N) is 2. The van der Waals surface area contributed by atoms with Crippen LogP contribution >= 0.6 is 11.6 Å². The average molecular weight is 454 g/mol. The minimum absolute atomic E-state index is 0.425. The van der Waals surface area contributed by atoms with E-state index < -0.39 is 0 Å². The van der Waals surface area contributed by atoms with Gasteiger partial charge in [-0.25, -0.2) is 4.98 Å². The molecule has 1 fully saturated rings. The summed E-state index contributed by atoms with van der Waals surface area (Å²) in [5.74, 6) is 3.21. The molecule has 2 N–H and O–H groups in total. The van der Waals surface area contributed by atoms with E-state index in [1.807, 2.05) is 61.5 Å². The Bertz CT molecular complexity index is 1020. The molecule has 4 rings (SSSR count). The Morgan fingerprint density at radius 1 is 1.03 bits per heavy atom. The Balaban J connectivity index is 1.20. The van der Waals surface area contributed by atoms with Crippen molar-refractivity contribution in [2.24, 2.45) is 5.92 Å². The molecule has 1 aromatic heterocycles. The Labute approximate surface area is 195 Å². The SMILES string of the molecule is CN(C)c1nc(N[C@H]2CC[C@@H](CNCCOc3cccc(Cl)c3)CC2)nc2ccccc12. The Morgan fingerprint density at radius 3 is 2.62 bits per heavy atom. The lowest BCUT2D eigenvalue weighted by Gasteiger charge is -2.29. The fourth-order valence-corrected chi connectivity index (χ4v) is 4.44. The summed E-state index contributed by atoms with van der Waals surface area (Å²) in [4.78, 5) is 11.6. The van der Waals surface area contributed by atoms with E-state index in [1.54, 1.807) is 0 Å². The smallest absolute Gasteiger partial charge is 0.225 e. The molecular formula is C25H32ClN5O. The van der Waals surface area contributed by atoms with Crippen molar-refractivity contribution in [3.05, 3.63) is 53.6 Å². The number of benzene rings is 2. The van der Waals surface area contributed by atoms with Gasteiger partial charge in [0, 0.05) is 37.1 Å². The fraction of sp³-hybridized carbons (Fsp3) is 0.440. The highest BCUT2D eigenvalue weighted by Gasteiger charge is 2.22. The first-order valence-corrected chi connectivity index (χ1v) is 11.8. The molecule has 32 heavy (non-hydrogen) atoms. The quantitative estimate of drug-likeness (QED) is 0.445. The van der Waals surface area contributed by atoms with Crippen LogP contribution in [0.1, 0.15) is 25.7 Å². The van der Waals surface area contributed by atoms with Crippen molar-refractivity contribution in [1.29, 1.82) is 0 Å². The average Bonchev–Trinajstić information content (AvgIpc) is 2.79. The summed E-state index contributed by atoms with van der Waals surface area (Å²) in [6.45, 7) is 2.51. The highest BCUT2D eigenvalue weighted by molar-refractivity contribution is 6.30. The maximum atomic E-state index is 5.99. The lowest BCUT2D eigenvalue weighted by Crippen LogP contribution is -2.33. The van der Waals surface area contributed by atoms with Crippen LogP contribution in [0.25, 0.3) is 10.9 Å². The van der Waals surface area contributed by atoms with E-state index in [1.165, 1.54) is 12.8 Å². The molecule has 2 aromatic carbocycles. The van der Waals surface area contributed by atoms with Crippen LogP contribution in [0, 0.1) is 5.92 Å². The van der Waals surface area contributed by atoms with Crippen LogP contribution in [-0.2, 0) is 0 Å². The van der Waals surface area contributed by atoms with E-state index in [-0.39, 0.29) is 0 Å². The van der Waals surface area contributed by atoms with Gasteiger partial charge in [0.15, 0.2) is 0 Å². The zero-order valence-electron chi connectivity index (χ0n) is 18.9. The topological polar surface area (TPSA) is 62.3 Å². The first-order chi connectivity index (χ1) is 15.6. The predicted molar refractivity (Wildman–Crippen MR) is 133 cm³/mol. The first-order valence-electron chi connectivity index (χ1n) is 11.4. The predicted octanol–water partition coefficient (Wildman–Crippen LogP) is 4.99. The molecule has 6 nitrogen and oxygen atoms in total. The summed E-state index contributed by atoms with van der Waals surface area (Å²) in [6.07, 6.45) is 4.68. The van der Waals surface area contributed by atoms with Crippen LogP contribution in [0.2, 0.25) is 5.02 Å². The first kappa shape index (κ1) is 22.6. The third kappa shape index (κ3) is 6.02. The van der Waals surface area contributed by atoms with Crippen LogP contribution < -0.4 is 20.3 Å². The van der Waals surface area contributed by atoms with Crippen molar-refractivity contribution in [1.82, 2.24) is 15.3 Å². The van der Waals surface area contributed by atoms with E-state index in [2.05, 4.69) is 16.7 Å². The molecule has 0 saturated heterocycles. The van der Waals surface area contributed by atoms with Crippen LogP contribution in [0.3, 0.4) is 0 Å². The standard InChI is InChI=1S/C25H32ClN5O/c1-31(2)24-22-8-3-4-9-23(22)29-25(30-24)28-20-12-10-18(11-13-20)17-27-14-15-32-21-7-5-6-19(26)16-21/h3-9,16,18,20,27H,10-15,17H2,1-2H3,(H,28,29,30)/t18-,20+. The molecule has 1 heterocycles. The summed E-state index contributed by atoms with van der Waals surface area (Å²) in [7, 11) is 4.05. The molecule has 7 heteroatoms. The number of fused-ring (bicyclic) bond motifs is 1. The largest absolute Gasteiger partial charge is 0.492 e. The van der Waals surface area contributed by atoms with Gasteiger partial charge in [-0.05, 0) is 68.5 Å². The summed E-state index contributed by atoms with van der Waals surface area (Å²) in [5, 5.41) is 8.91. The van der Waals surface area contributed by atoms with Gasteiger partial charge in [-0.1, -0.05) is 29.8 Å². The summed E-state index contributed by atoms with van der Waals surface area (Å²) >= 11 is 5.99. The van der Waals surface area contributed by atoms with E-state index in [4.69, 9.17) is 26.3 Å². The Kier molecular flexibility index (Phi) is 7.66. The van der Waals surface area contributed by atoms with Gasteiger partial charge < -0.3 is 20.3 Å². The number of para-hydroxylation sites is 1. The molecule has 0 spiro atoms. The van der Waals surface area contributed by atoms with Crippen molar-refractivity contribution in [2.45, 2.75) is 31.7 Å². The minimum Gasteiger partial charge on any atom is -0.492 e. The van der Waals surface area contributed by atoms with Gasteiger partial charge in [0.2, 0.25) is 5.95 Å². The summed E-state index contributed by atoms with van der Waals surface area (Å²) in [5.41, 5.74) is 0.978. The van der Waals surface area contributed by atoms with Gasteiger partial charge in [0.1, 0.15) is 18.2 Å². The molecule has 0 amide bonds. The monoisotopic (exact) mass is 453 g/mol. The number of aromatic nitrogens is 2. The fourth-order valence-electron chi connectivity index (χ4n) is 4.26. The normalized spacial score (nSPS) is 18.5. The van der Waals surface area contributed by atoms with Crippen molar-refractivity contribution in [3.63, 3.8) is 0 Å². The third-order valence-electron chi connectivity index (χ3n) is 5.96. The second-order valence-corrected chi connectivity index (χ2v) is 9.09. The van der Waals surface area contributed by atoms with E-state index in [9.17, 15) is 0 Å². The zero-order chi connectivity index (χ0) is 22.3. The third-order valence-corrected chi connectivity index (χ3v) is 6.20. The number of halogens is 1. The second-order valence-electron chi connectivity index (χ2n) is 8.65. The molecule has 0 atom stereocenters. The van der Waals surface area contributed by atoms with E-state index in [0.717, 1.165) is 54.3 Å². The summed E-state index contributed by atoms with van der Waals surface area (Å²) in [6, 6.07) is 16.1. The van der Waals surface area contributed by atoms with Crippen LogP contribution in [0.5, 0.6) is 5.75 Å². The lowest BCUT2D eigenvalue weighted by atomic mass is 9.86. The highest BCUT2D eigenvalue weighted by atomic mass is 35.5. The molecule has 1 aliphatic carbocycles. The Hall–Kier alpha value is -2.57. The van der Waals surface area contributed by atoms with Gasteiger partial charge in [0.25, 0.3) is 0 Å². The number of ether oxygens (including phenoxy) is 1. The van der Waals surface area contributed by atoms with E-state index >= 15 is 0 Å². The molecule has 0 radical (unpaired) electrons. The lowest BCUT2D eigenvalue weighted by molar-refractivity contribution is 0.289. The highest BCUT2D eigenvalue weighted by Crippen LogP contribution is 2.28. The molecule has 3 aromatic rings. The number of hydrogen-bond acceptors (Lipinski definition) is 6. The van der Waals surface area contributed by atoms with Crippen LogP contribution in [0.15, 0.2) is 48.5 Å². The molecule has 0 aliphatic heterocycles. The maximum absolute atomic E-state index is 5.99.